The number of hydrogen-bond donors (Lipinski definition) is 2. The molecule has 6 nitrogen and oxygen atoms in total. The monoisotopic (exact) mass is 677 g/mol. The van der Waals surface area contributed by atoms with E-state index in [-0.39, 0.29) is 6.42 Å². The van der Waals surface area contributed by atoms with Crippen molar-refractivity contribution in [2.45, 2.75) is 38.1 Å². The van der Waals surface area contributed by atoms with Crippen LogP contribution in [-0.4, -0.2) is 23.6 Å². The Labute approximate surface area is 278 Å². The normalized spacial score (nSPS) is 11.4. The number of para-hydroxylation sites is 2. The molecule has 0 radical (unpaired) electrons. The fourth-order valence-electron chi connectivity index (χ4n) is 5.21. The topological polar surface area (TPSA) is 84.9 Å². The second-order valence-corrected chi connectivity index (χ2v) is 11.9. The van der Waals surface area contributed by atoms with Gasteiger partial charge in [-0.3, -0.25) is 9.59 Å². The Balaban J connectivity index is 1.25. The summed E-state index contributed by atoms with van der Waals surface area (Å²) in [5.74, 6) is 0.475. The summed E-state index contributed by atoms with van der Waals surface area (Å²) in [5.41, 5.74) is 4.15. The molecule has 0 aliphatic carbocycles. The van der Waals surface area contributed by atoms with E-state index in [1.54, 1.807) is 12.1 Å². The SMILES string of the molecule is O=C(O)CC(NC(=O)c1cc(Br)ccc1OCCCCCc1ccccc1)c1ccc(-c2ccccc2Oc2ccccc2)cc1. The number of rotatable bonds is 15. The number of carboxylic acid groups (broad SMARTS) is 1. The van der Waals surface area contributed by atoms with E-state index in [0.29, 0.717) is 29.2 Å². The summed E-state index contributed by atoms with van der Waals surface area (Å²) < 4.78 is 12.9. The summed E-state index contributed by atoms with van der Waals surface area (Å²) in [6.45, 7) is 0.478. The van der Waals surface area contributed by atoms with Gasteiger partial charge >= 0.3 is 5.97 Å². The van der Waals surface area contributed by atoms with Crippen molar-refractivity contribution < 1.29 is 24.2 Å². The number of hydrogen-bond acceptors (Lipinski definition) is 4. The second kappa shape index (κ2) is 16.4. The van der Waals surface area contributed by atoms with Gasteiger partial charge in [0, 0.05) is 10.0 Å². The molecular formula is C39H36BrNO5. The Morgan fingerprint density at radius 2 is 1.43 bits per heavy atom. The molecule has 0 aliphatic heterocycles. The average molecular weight is 679 g/mol. The number of ether oxygens (including phenoxy) is 2. The first-order chi connectivity index (χ1) is 22.5. The highest BCUT2D eigenvalue weighted by atomic mass is 79.9. The molecule has 0 bridgehead atoms. The highest BCUT2D eigenvalue weighted by Gasteiger charge is 2.22. The lowest BCUT2D eigenvalue weighted by Crippen LogP contribution is -2.30. The van der Waals surface area contributed by atoms with Crippen molar-refractivity contribution in [1.29, 1.82) is 0 Å². The summed E-state index contributed by atoms with van der Waals surface area (Å²) in [6.07, 6.45) is 3.67. The average Bonchev–Trinajstić information content (AvgIpc) is 3.07. The molecule has 5 rings (SSSR count). The maximum atomic E-state index is 13.6. The zero-order valence-corrected chi connectivity index (χ0v) is 27.0. The number of benzene rings is 5. The summed E-state index contributed by atoms with van der Waals surface area (Å²) in [5, 5.41) is 12.6. The number of carbonyl (C=O) groups is 2. The first-order valence-electron chi connectivity index (χ1n) is 15.4. The molecule has 7 heteroatoms. The van der Waals surface area contributed by atoms with E-state index in [9.17, 15) is 14.7 Å². The fraction of sp³-hybridized carbons (Fsp3) is 0.179. The zero-order valence-electron chi connectivity index (χ0n) is 25.4. The Morgan fingerprint density at radius 3 is 2.17 bits per heavy atom. The first kappa shape index (κ1) is 32.5. The fourth-order valence-corrected chi connectivity index (χ4v) is 5.57. The molecule has 0 saturated carbocycles. The summed E-state index contributed by atoms with van der Waals surface area (Å²) >= 11 is 3.46. The van der Waals surface area contributed by atoms with Crippen molar-refractivity contribution in [1.82, 2.24) is 5.32 Å². The third-order valence-corrected chi connectivity index (χ3v) is 8.06. The van der Waals surface area contributed by atoms with Crippen LogP contribution >= 0.6 is 15.9 Å². The number of carbonyl (C=O) groups excluding carboxylic acids is 1. The van der Waals surface area contributed by atoms with Gasteiger partial charge in [-0.05, 0) is 78.8 Å². The lowest BCUT2D eigenvalue weighted by Gasteiger charge is -2.20. The Kier molecular flexibility index (Phi) is 11.6. The molecule has 0 aromatic heterocycles. The van der Waals surface area contributed by atoms with Gasteiger partial charge in [-0.1, -0.05) is 107 Å². The molecule has 0 fully saturated rings. The Bertz CT molecular complexity index is 1730. The number of unbranched alkanes of at least 4 members (excludes halogenated alkanes) is 2. The Hall–Kier alpha value is -4.88. The number of aryl methyl sites for hydroxylation is 1. The minimum atomic E-state index is -1.02. The zero-order chi connectivity index (χ0) is 32.1. The molecule has 46 heavy (non-hydrogen) atoms. The van der Waals surface area contributed by atoms with Gasteiger partial charge in [0.2, 0.25) is 0 Å². The molecule has 1 amide bonds. The predicted octanol–water partition coefficient (Wildman–Crippen LogP) is 9.65. The number of halogens is 1. The van der Waals surface area contributed by atoms with Gasteiger partial charge in [-0.25, -0.2) is 0 Å². The van der Waals surface area contributed by atoms with Crippen LogP contribution in [0, 0.1) is 0 Å². The van der Waals surface area contributed by atoms with Gasteiger partial charge in [0.15, 0.2) is 0 Å². The minimum absolute atomic E-state index is 0.273. The molecule has 234 valence electrons. The van der Waals surface area contributed by atoms with Crippen LogP contribution in [0.25, 0.3) is 11.1 Å². The lowest BCUT2D eigenvalue weighted by molar-refractivity contribution is -0.137. The summed E-state index contributed by atoms with van der Waals surface area (Å²) in [6, 6.07) is 39.8. The third-order valence-electron chi connectivity index (χ3n) is 7.56. The van der Waals surface area contributed by atoms with Crippen molar-refractivity contribution in [2.24, 2.45) is 0 Å². The van der Waals surface area contributed by atoms with Crippen LogP contribution in [0.4, 0.5) is 0 Å². The molecule has 0 aliphatic rings. The smallest absolute Gasteiger partial charge is 0.305 e. The maximum Gasteiger partial charge on any atom is 0.305 e. The molecule has 0 heterocycles. The largest absolute Gasteiger partial charge is 0.493 e. The quantitative estimate of drug-likeness (QED) is 0.108. The van der Waals surface area contributed by atoms with E-state index in [0.717, 1.165) is 47.0 Å². The molecule has 0 saturated heterocycles. The van der Waals surface area contributed by atoms with Crippen LogP contribution < -0.4 is 14.8 Å². The van der Waals surface area contributed by atoms with Gasteiger partial charge in [0.25, 0.3) is 5.91 Å². The predicted molar refractivity (Wildman–Crippen MR) is 184 cm³/mol. The van der Waals surface area contributed by atoms with E-state index in [4.69, 9.17) is 9.47 Å². The molecule has 5 aromatic rings. The van der Waals surface area contributed by atoms with E-state index < -0.39 is 17.9 Å². The molecule has 1 atom stereocenters. The first-order valence-corrected chi connectivity index (χ1v) is 16.2. The molecular weight excluding hydrogens is 642 g/mol. The van der Waals surface area contributed by atoms with Crippen molar-refractivity contribution in [3.05, 3.63) is 149 Å². The Morgan fingerprint density at radius 1 is 0.739 bits per heavy atom. The number of nitrogens with one attached hydrogen (secondary N) is 1. The minimum Gasteiger partial charge on any atom is -0.493 e. The van der Waals surface area contributed by atoms with Crippen LogP contribution in [0.1, 0.15) is 53.2 Å². The van der Waals surface area contributed by atoms with Crippen LogP contribution in [0.2, 0.25) is 0 Å². The van der Waals surface area contributed by atoms with Gasteiger partial charge in [0.1, 0.15) is 17.2 Å². The highest BCUT2D eigenvalue weighted by molar-refractivity contribution is 9.10. The van der Waals surface area contributed by atoms with Crippen molar-refractivity contribution >= 4 is 27.8 Å². The van der Waals surface area contributed by atoms with Gasteiger partial charge in [-0.2, -0.15) is 0 Å². The molecule has 5 aromatic carbocycles. The van der Waals surface area contributed by atoms with E-state index in [2.05, 4.69) is 45.5 Å². The lowest BCUT2D eigenvalue weighted by atomic mass is 9.98. The molecule has 1 unspecified atom stereocenters. The summed E-state index contributed by atoms with van der Waals surface area (Å²) in [7, 11) is 0. The number of amides is 1. The van der Waals surface area contributed by atoms with Crippen LogP contribution in [0.3, 0.4) is 0 Å². The maximum absolute atomic E-state index is 13.6. The van der Waals surface area contributed by atoms with Gasteiger partial charge < -0.3 is 19.9 Å². The second-order valence-electron chi connectivity index (χ2n) is 10.9. The van der Waals surface area contributed by atoms with E-state index in [1.807, 2.05) is 91.0 Å². The van der Waals surface area contributed by atoms with Gasteiger partial charge in [-0.15, -0.1) is 0 Å². The van der Waals surface area contributed by atoms with Crippen LogP contribution in [0.15, 0.2) is 132 Å². The molecule has 0 spiro atoms. The van der Waals surface area contributed by atoms with Crippen molar-refractivity contribution in [2.75, 3.05) is 6.61 Å². The van der Waals surface area contributed by atoms with Crippen molar-refractivity contribution in [3.63, 3.8) is 0 Å². The number of aliphatic carboxylic acids is 1. The van der Waals surface area contributed by atoms with Crippen LogP contribution in [0.5, 0.6) is 17.2 Å². The van der Waals surface area contributed by atoms with E-state index in [1.165, 1.54) is 5.56 Å². The highest BCUT2D eigenvalue weighted by Crippen LogP contribution is 2.34. The van der Waals surface area contributed by atoms with E-state index >= 15 is 0 Å². The number of carboxylic acids is 1. The summed E-state index contributed by atoms with van der Waals surface area (Å²) in [4.78, 5) is 25.4. The third kappa shape index (κ3) is 9.31. The standard InChI is InChI=1S/C39H36BrNO5/c40-31-23-24-36(45-25-11-3-6-14-28-12-4-1-5-13-28)34(26-31)39(44)41-35(27-38(42)43)30-21-19-29(20-22-30)33-17-9-10-18-37(33)46-32-15-7-2-8-16-32/h1-2,4-5,7-10,12-13,15-24,26,35H,3,6,11,14,25,27H2,(H,41,44)(H,42,43). The van der Waals surface area contributed by atoms with Crippen molar-refractivity contribution in [3.8, 4) is 28.4 Å². The van der Waals surface area contributed by atoms with Gasteiger partial charge in [0.05, 0.1) is 24.6 Å². The van der Waals surface area contributed by atoms with Crippen LogP contribution in [-0.2, 0) is 11.2 Å². The molecule has 2 N–H and O–H groups in total.